The van der Waals surface area contributed by atoms with Crippen LogP contribution in [0.25, 0.3) is 10.9 Å². The molecule has 0 bridgehead atoms. The monoisotopic (exact) mass is 377 g/mol. The summed E-state index contributed by atoms with van der Waals surface area (Å²) < 4.78 is 4.98. The number of carbonyl (C=O) groups is 2. The van der Waals surface area contributed by atoms with E-state index in [1.54, 1.807) is 12.0 Å². The van der Waals surface area contributed by atoms with Crippen LogP contribution in [-0.2, 0) is 9.53 Å². The van der Waals surface area contributed by atoms with E-state index in [1.165, 1.54) is 0 Å². The van der Waals surface area contributed by atoms with Crippen LogP contribution >= 0.6 is 0 Å². The van der Waals surface area contributed by atoms with Crippen molar-refractivity contribution in [1.82, 2.24) is 15.2 Å². The average Bonchev–Trinajstić information content (AvgIpc) is 3.16. The quantitative estimate of drug-likeness (QED) is 0.649. The van der Waals surface area contributed by atoms with E-state index in [9.17, 15) is 9.59 Å². The van der Waals surface area contributed by atoms with Crippen LogP contribution in [0.2, 0.25) is 0 Å². The number of para-hydroxylation sites is 1. The Kier molecular flexibility index (Phi) is 4.88. The van der Waals surface area contributed by atoms with E-state index in [0.717, 1.165) is 27.7 Å². The Bertz CT molecular complexity index is 1040. The number of hydrogen-bond acceptors (Lipinski definition) is 3. The summed E-state index contributed by atoms with van der Waals surface area (Å²) in [6, 6.07) is 15.4. The summed E-state index contributed by atoms with van der Waals surface area (Å²) in [5, 5.41) is 3.88. The predicted molar refractivity (Wildman–Crippen MR) is 107 cm³/mol. The minimum atomic E-state index is -0.298. The molecular formula is C22H23N3O3. The fraction of sp³-hybridized carbons (Fsp3) is 0.273. The lowest BCUT2D eigenvalue weighted by Gasteiger charge is -2.25. The molecule has 0 aliphatic carbocycles. The third-order valence-corrected chi connectivity index (χ3v) is 5.22. The van der Waals surface area contributed by atoms with Gasteiger partial charge in [0, 0.05) is 41.4 Å². The standard InChI is InChI=1S/C22H23N3O3/c1-14-20(17-9-5-6-10-18(17)24-14)21-15-7-3-4-8-16(15)22(27)25(21)13-19(26)23-11-12-28-2/h3-10,21,24H,11-13H2,1-2H3,(H,23,26)/t21-/m1/s1. The first-order valence-corrected chi connectivity index (χ1v) is 9.34. The number of aromatic nitrogens is 1. The number of amides is 2. The van der Waals surface area contributed by atoms with Crippen molar-refractivity contribution in [1.29, 1.82) is 0 Å². The molecule has 2 aromatic carbocycles. The van der Waals surface area contributed by atoms with Crippen molar-refractivity contribution >= 4 is 22.7 Å². The topological polar surface area (TPSA) is 74.4 Å². The van der Waals surface area contributed by atoms with Gasteiger partial charge in [-0.15, -0.1) is 0 Å². The molecule has 0 saturated heterocycles. The highest BCUT2D eigenvalue weighted by Gasteiger charge is 2.40. The van der Waals surface area contributed by atoms with E-state index >= 15 is 0 Å². The van der Waals surface area contributed by atoms with Gasteiger partial charge in [-0.05, 0) is 24.6 Å². The summed E-state index contributed by atoms with van der Waals surface area (Å²) in [5.74, 6) is -0.312. The van der Waals surface area contributed by atoms with Gasteiger partial charge in [-0.1, -0.05) is 36.4 Å². The van der Waals surface area contributed by atoms with Crippen LogP contribution in [0.1, 0.15) is 33.2 Å². The zero-order valence-electron chi connectivity index (χ0n) is 16.0. The van der Waals surface area contributed by atoms with Gasteiger partial charge >= 0.3 is 0 Å². The Labute approximate surface area is 163 Å². The number of aromatic amines is 1. The van der Waals surface area contributed by atoms with E-state index < -0.39 is 0 Å². The molecule has 1 aliphatic heterocycles. The number of methoxy groups -OCH3 is 1. The van der Waals surface area contributed by atoms with E-state index in [1.807, 2.05) is 49.4 Å². The maximum atomic E-state index is 13.1. The van der Waals surface area contributed by atoms with Crippen LogP contribution in [0.3, 0.4) is 0 Å². The van der Waals surface area contributed by atoms with Crippen molar-refractivity contribution < 1.29 is 14.3 Å². The molecule has 4 rings (SSSR count). The zero-order valence-corrected chi connectivity index (χ0v) is 16.0. The number of aryl methyl sites for hydroxylation is 1. The summed E-state index contributed by atoms with van der Waals surface area (Å²) in [5.41, 5.74) is 4.65. The number of H-pyrrole nitrogens is 1. The van der Waals surface area contributed by atoms with Crippen molar-refractivity contribution in [2.45, 2.75) is 13.0 Å². The van der Waals surface area contributed by atoms with Crippen LogP contribution in [0.5, 0.6) is 0 Å². The maximum Gasteiger partial charge on any atom is 0.255 e. The number of nitrogens with zero attached hydrogens (tertiary/aromatic N) is 1. The SMILES string of the molecule is COCCNC(=O)CN1C(=O)c2ccccc2[C@@H]1c1c(C)[nH]c2ccccc12. The lowest BCUT2D eigenvalue weighted by Crippen LogP contribution is -2.40. The largest absolute Gasteiger partial charge is 0.383 e. The summed E-state index contributed by atoms with van der Waals surface area (Å²) in [6.07, 6.45) is 0. The summed E-state index contributed by atoms with van der Waals surface area (Å²) in [6.45, 7) is 2.87. The molecule has 2 amide bonds. The van der Waals surface area contributed by atoms with Crippen molar-refractivity contribution in [3.8, 4) is 0 Å². The van der Waals surface area contributed by atoms with Gasteiger partial charge < -0.3 is 19.9 Å². The summed E-state index contributed by atoms with van der Waals surface area (Å²) >= 11 is 0. The molecule has 0 radical (unpaired) electrons. The molecule has 0 saturated carbocycles. The molecule has 6 nitrogen and oxygen atoms in total. The number of ether oxygens (including phenoxy) is 1. The van der Waals surface area contributed by atoms with Crippen LogP contribution in [-0.4, -0.2) is 48.5 Å². The molecule has 1 atom stereocenters. The molecule has 144 valence electrons. The predicted octanol–water partition coefficient (Wildman–Crippen LogP) is 2.78. The number of rotatable bonds is 6. The van der Waals surface area contributed by atoms with Crippen molar-refractivity contribution in [2.24, 2.45) is 0 Å². The Hall–Kier alpha value is -3.12. The van der Waals surface area contributed by atoms with Gasteiger partial charge in [0.05, 0.1) is 12.6 Å². The first-order valence-electron chi connectivity index (χ1n) is 9.34. The van der Waals surface area contributed by atoms with Crippen LogP contribution in [0.15, 0.2) is 48.5 Å². The van der Waals surface area contributed by atoms with Gasteiger partial charge in [0.2, 0.25) is 5.91 Å². The van der Waals surface area contributed by atoms with Gasteiger partial charge in [0.25, 0.3) is 5.91 Å². The van der Waals surface area contributed by atoms with Gasteiger partial charge in [0.1, 0.15) is 6.54 Å². The smallest absolute Gasteiger partial charge is 0.255 e. The van der Waals surface area contributed by atoms with E-state index in [2.05, 4.69) is 16.4 Å². The van der Waals surface area contributed by atoms with Crippen molar-refractivity contribution in [3.63, 3.8) is 0 Å². The fourth-order valence-corrected chi connectivity index (χ4v) is 4.00. The highest BCUT2D eigenvalue weighted by molar-refractivity contribution is 6.02. The Morgan fingerprint density at radius 1 is 1.18 bits per heavy atom. The average molecular weight is 377 g/mol. The van der Waals surface area contributed by atoms with Crippen molar-refractivity contribution in [2.75, 3.05) is 26.8 Å². The summed E-state index contributed by atoms with van der Waals surface area (Å²) in [7, 11) is 1.59. The first-order chi connectivity index (χ1) is 13.6. The molecule has 0 unspecified atom stereocenters. The third kappa shape index (κ3) is 3.05. The Morgan fingerprint density at radius 3 is 2.75 bits per heavy atom. The van der Waals surface area contributed by atoms with Gasteiger partial charge in [-0.25, -0.2) is 0 Å². The van der Waals surface area contributed by atoms with Gasteiger partial charge in [-0.2, -0.15) is 0 Å². The highest BCUT2D eigenvalue weighted by atomic mass is 16.5. The Morgan fingerprint density at radius 2 is 1.93 bits per heavy atom. The second kappa shape index (κ2) is 7.48. The molecule has 1 aromatic heterocycles. The molecule has 2 heterocycles. The van der Waals surface area contributed by atoms with E-state index in [4.69, 9.17) is 4.74 Å². The maximum absolute atomic E-state index is 13.1. The number of benzene rings is 2. The lowest BCUT2D eigenvalue weighted by molar-refractivity contribution is -0.122. The molecule has 3 aromatic rings. The normalized spacial score (nSPS) is 15.9. The number of nitrogens with one attached hydrogen (secondary N) is 2. The van der Waals surface area contributed by atoms with Crippen LogP contribution in [0, 0.1) is 6.92 Å². The van der Waals surface area contributed by atoms with Crippen molar-refractivity contribution in [3.05, 3.63) is 70.9 Å². The molecule has 0 spiro atoms. The molecule has 28 heavy (non-hydrogen) atoms. The number of hydrogen-bond donors (Lipinski definition) is 2. The van der Waals surface area contributed by atoms with Gasteiger partial charge in [-0.3, -0.25) is 9.59 Å². The lowest BCUT2D eigenvalue weighted by atomic mass is 9.95. The van der Waals surface area contributed by atoms with E-state index in [-0.39, 0.29) is 24.4 Å². The minimum Gasteiger partial charge on any atom is -0.383 e. The molecule has 6 heteroatoms. The molecular weight excluding hydrogens is 354 g/mol. The Balaban J connectivity index is 1.76. The van der Waals surface area contributed by atoms with Gasteiger partial charge in [0.15, 0.2) is 0 Å². The van der Waals surface area contributed by atoms with Crippen LogP contribution in [0.4, 0.5) is 0 Å². The second-order valence-corrected chi connectivity index (χ2v) is 6.97. The summed E-state index contributed by atoms with van der Waals surface area (Å²) in [4.78, 5) is 30.7. The minimum absolute atomic E-state index is 0.000835. The number of fused-ring (bicyclic) bond motifs is 2. The fourth-order valence-electron chi connectivity index (χ4n) is 4.00. The number of carbonyl (C=O) groups excluding carboxylic acids is 2. The zero-order chi connectivity index (χ0) is 19.7. The third-order valence-electron chi connectivity index (χ3n) is 5.22. The van der Waals surface area contributed by atoms with Crippen LogP contribution < -0.4 is 5.32 Å². The molecule has 0 fully saturated rings. The van der Waals surface area contributed by atoms with E-state index in [0.29, 0.717) is 18.7 Å². The second-order valence-electron chi connectivity index (χ2n) is 6.97. The first kappa shape index (κ1) is 18.3. The molecule has 2 N–H and O–H groups in total. The highest BCUT2D eigenvalue weighted by Crippen LogP contribution is 2.42. The molecule has 1 aliphatic rings.